The van der Waals surface area contributed by atoms with E-state index in [0.717, 1.165) is 0 Å². The van der Waals surface area contributed by atoms with E-state index in [1.807, 2.05) is 13.8 Å². The van der Waals surface area contributed by atoms with E-state index in [2.05, 4.69) is 31.6 Å². The van der Waals surface area contributed by atoms with Gasteiger partial charge in [-0.3, -0.25) is 29.0 Å². The third-order valence-electron chi connectivity index (χ3n) is 7.59. The second-order valence-corrected chi connectivity index (χ2v) is 12.4. The van der Waals surface area contributed by atoms with Crippen molar-refractivity contribution in [3.05, 3.63) is 40.2 Å². The quantitative estimate of drug-likeness (QED) is 0.0357. The Balaban J connectivity index is 2.20. The molecule has 50 heavy (non-hydrogen) atoms. The summed E-state index contributed by atoms with van der Waals surface area (Å²) in [6, 6.07) is 1.58. The number of benzene rings is 1. The fourth-order valence-corrected chi connectivity index (χ4v) is 5.13. The Kier molecular flexibility index (Phi) is 16.8. The molecule has 1 heterocycles. The van der Waals surface area contributed by atoms with Crippen LogP contribution in [0.1, 0.15) is 64.9 Å². The van der Waals surface area contributed by atoms with Crippen molar-refractivity contribution in [2.75, 3.05) is 25.0 Å². The summed E-state index contributed by atoms with van der Waals surface area (Å²) >= 11 is 0. The largest absolute Gasteiger partial charge is 0.423 e. The van der Waals surface area contributed by atoms with E-state index in [4.69, 9.17) is 21.6 Å². The van der Waals surface area contributed by atoms with Gasteiger partial charge < -0.3 is 53.3 Å². The van der Waals surface area contributed by atoms with E-state index in [-0.39, 0.29) is 43.3 Å². The van der Waals surface area contributed by atoms with Crippen LogP contribution in [-0.4, -0.2) is 84.5 Å². The first-order valence-corrected chi connectivity index (χ1v) is 16.5. The summed E-state index contributed by atoms with van der Waals surface area (Å²) in [5, 5.41) is 23.7. The number of nitrogens with zero attached hydrogens (tertiary/aromatic N) is 1. The maximum Gasteiger partial charge on any atom is 0.336 e. The summed E-state index contributed by atoms with van der Waals surface area (Å²) in [5.41, 5.74) is 17.1. The number of amides is 5. The third-order valence-corrected chi connectivity index (χ3v) is 7.59. The van der Waals surface area contributed by atoms with Gasteiger partial charge in [-0.1, -0.05) is 13.8 Å². The molecule has 0 saturated heterocycles. The molecule has 0 aliphatic rings. The highest BCUT2D eigenvalue weighted by Crippen LogP contribution is 2.21. The molecule has 12 N–H and O–H groups in total. The fraction of sp³-hybridized carbons (Fsp3) is 0.545. The molecule has 0 spiro atoms. The number of hydrogen-bond acceptors (Lipinski definition) is 10. The maximum atomic E-state index is 13.6. The van der Waals surface area contributed by atoms with E-state index in [9.17, 15) is 33.9 Å². The number of guanidine groups is 1. The van der Waals surface area contributed by atoms with Crippen molar-refractivity contribution in [1.29, 1.82) is 0 Å². The number of aryl methyl sites for hydroxylation is 1. The minimum Gasteiger partial charge on any atom is -0.423 e. The van der Waals surface area contributed by atoms with Crippen molar-refractivity contribution in [2.24, 2.45) is 28.1 Å². The van der Waals surface area contributed by atoms with Gasteiger partial charge in [0, 0.05) is 36.7 Å². The lowest BCUT2D eigenvalue weighted by Crippen LogP contribution is -2.59. The monoisotopic (exact) mass is 701 g/mol. The first-order chi connectivity index (χ1) is 23.6. The van der Waals surface area contributed by atoms with Crippen LogP contribution in [-0.2, 0) is 24.0 Å². The number of rotatable bonds is 20. The first-order valence-electron chi connectivity index (χ1n) is 16.5. The molecule has 2 aromatic rings. The average Bonchev–Trinajstić information content (AvgIpc) is 3.03. The zero-order valence-corrected chi connectivity index (χ0v) is 29.0. The number of nitrogens with two attached hydrogens (primary N) is 3. The number of aliphatic imine (C=N–C) groups is 1. The second kappa shape index (κ2) is 20.5. The molecule has 0 aliphatic heterocycles. The molecule has 5 amide bonds. The molecule has 2 rings (SSSR count). The molecule has 1 aromatic heterocycles. The highest BCUT2D eigenvalue weighted by molar-refractivity contribution is 6.00. The molecule has 17 heteroatoms. The molecule has 276 valence electrons. The first kappa shape index (κ1) is 41.1. The summed E-state index contributed by atoms with van der Waals surface area (Å²) in [7, 11) is 0. The SMILES string of the molecule is CC(=O)N[C@@H](CCCN=C(N)N)C(=O)N[C@@H](CO)C(=O)N[C@@H](CC(C)C)C(=O)N[C@@H](CCCCN)C(=O)Nc1ccc2c(C)cc(=O)oc2c1. The van der Waals surface area contributed by atoms with Gasteiger partial charge in [-0.2, -0.15) is 0 Å². The molecular formula is C33H51N9O8. The topological polar surface area (TPSA) is 286 Å². The molecule has 1 aromatic carbocycles. The smallest absolute Gasteiger partial charge is 0.336 e. The van der Waals surface area contributed by atoms with Gasteiger partial charge in [0.05, 0.1) is 6.61 Å². The Hall–Kier alpha value is -5.03. The second-order valence-electron chi connectivity index (χ2n) is 12.4. The lowest BCUT2D eigenvalue weighted by Gasteiger charge is -2.26. The van der Waals surface area contributed by atoms with Crippen LogP contribution >= 0.6 is 0 Å². The molecule has 17 nitrogen and oxygen atoms in total. The lowest BCUT2D eigenvalue weighted by atomic mass is 10.0. The van der Waals surface area contributed by atoms with E-state index in [1.165, 1.54) is 19.1 Å². The zero-order chi connectivity index (χ0) is 37.4. The van der Waals surface area contributed by atoms with Crippen LogP contribution in [0, 0.1) is 12.8 Å². The van der Waals surface area contributed by atoms with E-state index >= 15 is 0 Å². The summed E-state index contributed by atoms with van der Waals surface area (Å²) in [6.45, 7) is 6.45. The van der Waals surface area contributed by atoms with Crippen LogP contribution in [0.3, 0.4) is 0 Å². The Labute approximate surface area is 290 Å². The number of unbranched alkanes of at least 4 members (excludes halogenated alkanes) is 1. The normalized spacial score (nSPS) is 13.4. The van der Waals surface area contributed by atoms with Crippen LogP contribution in [0.2, 0.25) is 0 Å². The molecule has 4 atom stereocenters. The van der Waals surface area contributed by atoms with Gasteiger partial charge in [-0.05, 0) is 75.6 Å². The van der Waals surface area contributed by atoms with Crippen LogP contribution in [0.5, 0.6) is 0 Å². The Morgan fingerprint density at radius 1 is 0.840 bits per heavy atom. The van der Waals surface area contributed by atoms with E-state index in [1.54, 1.807) is 19.1 Å². The number of carbonyl (C=O) groups excluding carboxylic acids is 5. The Morgan fingerprint density at radius 2 is 1.44 bits per heavy atom. The third kappa shape index (κ3) is 13.8. The van der Waals surface area contributed by atoms with Crippen molar-refractivity contribution in [3.63, 3.8) is 0 Å². The van der Waals surface area contributed by atoms with E-state index < -0.39 is 65.9 Å². The van der Waals surface area contributed by atoms with E-state index in [0.29, 0.717) is 42.4 Å². The minimum absolute atomic E-state index is 0.0807. The zero-order valence-electron chi connectivity index (χ0n) is 29.0. The predicted octanol–water partition coefficient (Wildman–Crippen LogP) is -0.780. The number of nitrogens with one attached hydrogen (secondary N) is 5. The number of fused-ring (bicyclic) bond motifs is 1. The van der Waals surface area contributed by atoms with Crippen LogP contribution in [0.25, 0.3) is 11.0 Å². The van der Waals surface area contributed by atoms with Gasteiger partial charge in [0.15, 0.2) is 5.96 Å². The number of aliphatic hydroxyl groups is 1. The van der Waals surface area contributed by atoms with Crippen LogP contribution in [0.15, 0.2) is 38.5 Å². The average molecular weight is 702 g/mol. The van der Waals surface area contributed by atoms with Crippen molar-refractivity contribution >= 4 is 52.2 Å². The minimum atomic E-state index is -1.46. The molecular weight excluding hydrogens is 650 g/mol. The molecule has 0 radical (unpaired) electrons. The van der Waals surface area contributed by atoms with Crippen LogP contribution in [0.4, 0.5) is 5.69 Å². The summed E-state index contributed by atoms with van der Waals surface area (Å²) < 4.78 is 5.28. The Morgan fingerprint density at radius 3 is 2.06 bits per heavy atom. The molecule has 0 unspecified atom stereocenters. The van der Waals surface area contributed by atoms with Crippen molar-refractivity contribution < 1.29 is 33.5 Å². The van der Waals surface area contributed by atoms with Gasteiger partial charge >= 0.3 is 5.63 Å². The number of hydrogen-bond donors (Lipinski definition) is 9. The predicted molar refractivity (Wildman–Crippen MR) is 189 cm³/mol. The van der Waals surface area contributed by atoms with Crippen LogP contribution < -0.4 is 49.4 Å². The van der Waals surface area contributed by atoms with Gasteiger partial charge in [0.1, 0.15) is 29.8 Å². The molecule has 0 fully saturated rings. The fourth-order valence-electron chi connectivity index (χ4n) is 5.13. The van der Waals surface area contributed by atoms with Gasteiger partial charge in [0.25, 0.3) is 0 Å². The molecule has 0 bridgehead atoms. The van der Waals surface area contributed by atoms with Crippen molar-refractivity contribution in [2.45, 2.75) is 90.4 Å². The summed E-state index contributed by atoms with van der Waals surface area (Å²) in [6.07, 6.45) is 1.99. The number of aliphatic hydroxyl groups excluding tert-OH is 1. The van der Waals surface area contributed by atoms with Crippen molar-refractivity contribution in [3.8, 4) is 0 Å². The van der Waals surface area contributed by atoms with Gasteiger partial charge in [-0.25, -0.2) is 4.79 Å². The molecule has 0 aliphatic carbocycles. The highest BCUT2D eigenvalue weighted by atomic mass is 16.4. The Bertz CT molecular complexity index is 1570. The standard InChI is InChI=1S/C33H51N9O8/c1-18(2)14-25(41-32(49)26(17-43)42-30(47)23(38-20(4)44)9-7-13-37-33(35)36)31(48)40-24(8-5-6-12-34)29(46)39-21-10-11-22-19(3)15-28(45)50-27(22)16-21/h10-11,15-16,18,23-26,43H,5-9,12-14,17,34H2,1-4H3,(H,38,44)(H,39,46)(H,40,48)(H,41,49)(H,42,47)(H4,35,36,37)/t23-,24-,25-,26-/m0/s1. The maximum absolute atomic E-state index is 13.6. The molecule has 0 saturated carbocycles. The van der Waals surface area contributed by atoms with Gasteiger partial charge in [0.2, 0.25) is 29.5 Å². The number of anilines is 1. The van der Waals surface area contributed by atoms with Crippen molar-refractivity contribution in [1.82, 2.24) is 21.3 Å². The highest BCUT2D eigenvalue weighted by Gasteiger charge is 2.31. The number of carbonyl (C=O) groups is 5. The summed E-state index contributed by atoms with van der Waals surface area (Å²) in [5.74, 6) is -3.46. The van der Waals surface area contributed by atoms with Gasteiger partial charge in [-0.15, -0.1) is 0 Å². The summed E-state index contributed by atoms with van der Waals surface area (Å²) in [4.78, 5) is 80.8. The lowest BCUT2D eigenvalue weighted by molar-refractivity contribution is -0.135.